The fourth-order valence-electron chi connectivity index (χ4n) is 3.35. The van der Waals surface area contributed by atoms with Gasteiger partial charge in [0.25, 0.3) is 0 Å². The zero-order valence-corrected chi connectivity index (χ0v) is 20.7. The van der Waals surface area contributed by atoms with E-state index in [4.69, 9.17) is 0 Å². The zero-order valence-electron chi connectivity index (χ0n) is 20.7. The molecule has 0 saturated carbocycles. The molecule has 0 bridgehead atoms. The maximum atomic E-state index is 12.7. The van der Waals surface area contributed by atoms with Crippen molar-refractivity contribution in [3.8, 4) is 0 Å². The fraction of sp³-hybridized carbons (Fsp3) is 0.609. The highest BCUT2D eigenvalue weighted by molar-refractivity contribution is 6.41. The highest BCUT2D eigenvalue weighted by atomic mass is 19.4. The number of nitrogens with one attached hydrogen (secondary N) is 2. The SMILES string of the molecule is CC(C)[C@@H](Nc1ccc(C(F)(F)F)cc1)C(=O)NCC1CCN(C)CC1.O=C(C(=O)C(F)(F)F)C(F)(F)F. The van der Waals surface area contributed by atoms with Crippen LogP contribution in [0.2, 0.25) is 0 Å². The molecule has 1 amide bonds. The number of anilines is 1. The molecule has 0 unspecified atom stereocenters. The Morgan fingerprint density at radius 2 is 1.32 bits per heavy atom. The Hall–Kier alpha value is -2.84. The molecular weight excluding hydrogens is 537 g/mol. The van der Waals surface area contributed by atoms with Crippen molar-refractivity contribution < 1.29 is 53.9 Å². The van der Waals surface area contributed by atoms with E-state index < -0.39 is 41.7 Å². The number of amides is 1. The van der Waals surface area contributed by atoms with E-state index in [1.165, 1.54) is 12.1 Å². The number of rotatable bonds is 7. The van der Waals surface area contributed by atoms with Crippen LogP contribution in [0.15, 0.2) is 24.3 Å². The molecule has 1 aliphatic heterocycles. The van der Waals surface area contributed by atoms with E-state index in [1.54, 1.807) is 0 Å². The molecule has 216 valence electrons. The second kappa shape index (κ2) is 13.3. The molecule has 1 fully saturated rings. The summed E-state index contributed by atoms with van der Waals surface area (Å²) in [5.74, 6) is -6.44. The normalized spacial score (nSPS) is 16.3. The quantitative estimate of drug-likeness (QED) is 0.365. The van der Waals surface area contributed by atoms with Gasteiger partial charge in [-0.05, 0) is 69.1 Å². The van der Waals surface area contributed by atoms with E-state index in [-0.39, 0.29) is 11.8 Å². The Kier molecular flexibility index (Phi) is 11.6. The number of carbonyl (C=O) groups is 3. The molecular formula is C23H28F9N3O3. The van der Waals surface area contributed by atoms with Gasteiger partial charge in [-0.1, -0.05) is 13.8 Å². The zero-order chi connectivity index (χ0) is 29.5. The summed E-state index contributed by atoms with van der Waals surface area (Å²) in [4.78, 5) is 34.1. The average Bonchev–Trinajstić information content (AvgIpc) is 2.79. The summed E-state index contributed by atoms with van der Waals surface area (Å²) in [6.45, 7) is 6.55. The van der Waals surface area contributed by atoms with Crippen LogP contribution in [-0.2, 0) is 20.6 Å². The molecule has 0 aromatic heterocycles. The first-order valence-electron chi connectivity index (χ1n) is 11.4. The van der Waals surface area contributed by atoms with Gasteiger partial charge in [-0.15, -0.1) is 0 Å². The highest BCUT2D eigenvalue weighted by Crippen LogP contribution is 2.30. The number of hydrogen-bond donors (Lipinski definition) is 2. The number of piperidine rings is 1. The van der Waals surface area contributed by atoms with Crippen molar-refractivity contribution in [2.75, 3.05) is 32.0 Å². The van der Waals surface area contributed by atoms with Gasteiger partial charge in [0, 0.05) is 12.2 Å². The number of hydrogen-bond acceptors (Lipinski definition) is 5. The lowest BCUT2D eigenvalue weighted by molar-refractivity contribution is -0.193. The third-order valence-corrected chi connectivity index (χ3v) is 5.61. The fourth-order valence-corrected chi connectivity index (χ4v) is 3.35. The number of ketones is 2. The Morgan fingerprint density at radius 1 is 0.868 bits per heavy atom. The van der Waals surface area contributed by atoms with Crippen molar-refractivity contribution in [3.63, 3.8) is 0 Å². The molecule has 1 aromatic rings. The van der Waals surface area contributed by atoms with E-state index in [9.17, 15) is 53.9 Å². The van der Waals surface area contributed by atoms with Crippen LogP contribution in [0, 0.1) is 11.8 Å². The van der Waals surface area contributed by atoms with Crippen molar-refractivity contribution in [1.82, 2.24) is 10.2 Å². The summed E-state index contributed by atoms with van der Waals surface area (Å²) in [7, 11) is 2.09. The van der Waals surface area contributed by atoms with E-state index in [1.807, 2.05) is 13.8 Å². The standard InChI is InChI=1S/C19H28F3N3O.C4F6O2/c1-13(2)17(18(26)23-12-14-8-10-25(3)11-9-14)24-16-6-4-15(5-7-16)19(20,21)22;5-3(6,7)1(11)2(12)4(8,9)10/h4-7,13-14,17,24H,8-12H2,1-3H3,(H,23,26);/t17-;/m1./s1. The van der Waals surface area contributed by atoms with Crippen LogP contribution < -0.4 is 10.6 Å². The predicted octanol–water partition coefficient (Wildman–Crippen LogP) is 4.85. The third kappa shape index (κ3) is 10.9. The molecule has 38 heavy (non-hydrogen) atoms. The summed E-state index contributed by atoms with van der Waals surface area (Å²) < 4.78 is 105. The maximum Gasteiger partial charge on any atom is 0.458 e. The average molecular weight is 565 g/mol. The van der Waals surface area contributed by atoms with Gasteiger partial charge >= 0.3 is 30.1 Å². The minimum atomic E-state index is -5.77. The van der Waals surface area contributed by atoms with Crippen LogP contribution in [0.5, 0.6) is 0 Å². The van der Waals surface area contributed by atoms with E-state index in [0.717, 1.165) is 38.1 Å². The maximum absolute atomic E-state index is 12.7. The predicted molar refractivity (Wildman–Crippen MR) is 119 cm³/mol. The Labute approximate surface area is 212 Å². The van der Waals surface area contributed by atoms with Crippen molar-refractivity contribution in [1.29, 1.82) is 0 Å². The third-order valence-electron chi connectivity index (χ3n) is 5.61. The van der Waals surface area contributed by atoms with Crippen molar-refractivity contribution in [2.24, 2.45) is 11.8 Å². The molecule has 1 saturated heterocycles. The summed E-state index contributed by atoms with van der Waals surface area (Å²) in [5.41, 5.74) is -0.193. The number of carbonyl (C=O) groups excluding carboxylic acids is 3. The van der Waals surface area contributed by atoms with E-state index in [0.29, 0.717) is 18.2 Å². The van der Waals surface area contributed by atoms with E-state index in [2.05, 4.69) is 22.6 Å². The van der Waals surface area contributed by atoms with Gasteiger partial charge in [-0.25, -0.2) is 0 Å². The molecule has 1 aliphatic rings. The number of benzene rings is 1. The Morgan fingerprint density at radius 3 is 1.68 bits per heavy atom. The van der Waals surface area contributed by atoms with Crippen molar-refractivity contribution in [2.45, 2.75) is 51.3 Å². The molecule has 15 heteroatoms. The van der Waals surface area contributed by atoms with Gasteiger partial charge in [0.2, 0.25) is 5.91 Å². The van der Waals surface area contributed by atoms with Gasteiger partial charge in [0.05, 0.1) is 5.56 Å². The molecule has 0 radical (unpaired) electrons. The smallest absolute Gasteiger partial charge is 0.373 e. The largest absolute Gasteiger partial charge is 0.458 e. The molecule has 0 aliphatic carbocycles. The minimum Gasteiger partial charge on any atom is -0.373 e. The molecule has 1 atom stereocenters. The number of Topliss-reactive ketones (excluding diaryl/α,β-unsaturated/α-hetero) is 2. The number of halogens is 9. The van der Waals surface area contributed by atoms with E-state index >= 15 is 0 Å². The first kappa shape index (κ1) is 33.2. The molecule has 2 N–H and O–H groups in total. The minimum absolute atomic E-state index is 0.00906. The molecule has 0 spiro atoms. The molecule has 2 rings (SSSR count). The van der Waals surface area contributed by atoms with Crippen LogP contribution >= 0.6 is 0 Å². The lowest BCUT2D eigenvalue weighted by Gasteiger charge is -2.30. The van der Waals surface area contributed by atoms with Crippen LogP contribution in [0.3, 0.4) is 0 Å². The van der Waals surface area contributed by atoms with Crippen molar-refractivity contribution in [3.05, 3.63) is 29.8 Å². The first-order valence-corrected chi connectivity index (χ1v) is 11.4. The Balaban J connectivity index is 0.000000508. The van der Waals surface area contributed by atoms with Crippen LogP contribution in [-0.4, -0.2) is 67.4 Å². The van der Waals surface area contributed by atoms with Gasteiger partial charge in [0.15, 0.2) is 0 Å². The summed E-state index contributed by atoms with van der Waals surface area (Å²) >= 11 is 0. The number of alkyl halides is 9. The topological polar surface area (TPSA) is 78.5 Å². The van der Waals surface area contributed by atoms with Gasteiger partial charge in [-0.3, -0.25) is 14.4 Å². The van der Waals surface area contributed by atoms with Gasteiger partial charge in [-0.2, -0.15) is 39.5 Å². The molecule has 1 aromatic carbocycles. The number of nitrogens with zero attached hydrogens (tertiary/aromatic N) is 1. The number of likely N-dealkylation sites (tertiary alicyclic amines) is 1. The first-order chi connectivity index (χ1) is 17.2. The summed E-state index contributed by atoms with van der Waals surface area (Å²) in [6.07, 6.45) is -13.8. The van der Waals surface area contributed by atoms with Crippen LogP contribution in [0.1, 0.15) is 32.3 Å². The lowest BCUT2D eigenvalue weighted by atomic mass is 9.96. The molecule has 1 heterocycles. The van der Waals surface area contributed by atoms with Crippen LogP contribution in [0.25, 0.3) is 0 Å². The van der Waals surface area contributed by atoms with Crippen molar-refractivity contribution >= 4 is 23.2 Å². The molecule has 6 nitrogen and oxygen atoms in total. The lowest BCUT2D eigenvalue weighted by Crippen LogP contribution is -2.45. The highest BCUT2D eigenvalue weighted by Gasteiger charge is 2.54. The second-order valence-corrected chi connectivity index (χ2v) is 9.09. The van der Waals surface area contributed by atoms with Gasteiger partial charge in [0.1, 0.15) is 6.04 Å². The van der Waals surface area contributed by atoms with Crippen LogP contribution in [0.4, 0.5) is 45.2 Å². The summed E-state index contributed by atoms with van der Waals surface area (Å²) in [5, 5.41) is 6.07. The Bertz CT molecular complexity index is 911. The monoisotopic (exact) mass is 565 g/mol. The van der Waals surface area contributed by atoms with Gasteiger partial charge < -0.3 is 15.5 Å². The summed E-state index contributed by atoms with van der Waals surface area (Å²) in [6, 6.07) is 4.29. The second-order valence-electron chi connectivity index (χ2n) is 9.09.